The first-order valence-electron chi connectivity index (χ1n) is 9.12. The molecule has 0 radical (unpaired) electrons. The molecule has 0 aliphatic heterocycles. The summed E-state index contributed by atoms with van der Waals surface area (Å²) in [5, 5.41) is 2.97. The Hall–Kier alpha value is -2.63. The highest BCUT2D eigenvalue weighted by Crippen LogP contribution is 2.17. The van der Waals surface area contributed by atoms with Gasteiger partial charge in [0.1, 0.15) is 5.52 Å². The fourth-order valence-electron chi connectivity index (χ4n) is 2.86. The molecule has 0 aliphatic rings. The lowest BCUT2D eigenvalue weighted by Crippen LogP contribution is -2.30. The van der Waals surface area contributed by atoms with Gasteiger partial charge in [0.25, 0.3) is 5.56 Å². The Morgan fingerprint density at radius 1 is 1.23 bits per heavy atom. The maximum atomic E-state index is 13.0. The van der Waals surface area contributed by atoms with Gasteiger partial charge in [0, 0.05) is 13.3 Å². The van der Waals surface area contributed by atoms with Crippen LogP contribution in [0.2, 0.25) is 5.28 Å². The second-order valence-corrected chi connectivity index (χ2v) is 9.15. The predicted octanol–water partition coefficient (Wildman–Crippen LogP) is 1.85. The number of nitrogens with one attached hydrogen (secondary N) is 1. The zero-order chi connectivity index (χ0) is 21.9. The quantitative estimate of drug-likeness (QED) is 0.509. The number of nitrogens with zero attached hydrogens (tertiary/aromatic N) is 5. The van der Waals surface area contributed by atoms with Crippen LogP contribution in [0.15, 0.2) is 34.2 Å². The Morgan fingerprint density at radius 3 is 2.63 bits per heavy atom. The molecule has 0 amide bonds. The number of ether oxygens (including phenoxy) is 1. The van der Waals surface area contributed by atoms with E-state index >= 15 is 0 Å². The van der Waals surface area contributed by atoms with Crippen molar-refractivity contribution in [3.8, 4) is 0 Å². The summed E-state index contributed by atoms with van der Waals surface area (Å²) < 4.78 is 30.4. The SMILES string of the molecule is CCS(=O)(=O)c1ccc(CNc2nc3cnc(Cl)nc3n([C@@H](C)COC)c2=O)nc1. The predicted molar refractivity (Wildman–Crippen MR) is 112 cm³/mol. The number of sulfone groups is 1. The molecular formula is C18H21ClN6O4S. The highest BCUT2D eigenvalue weighted by molar-refractivity contribution is 7.91. The lowest BCUT2D eigenvalue weighted by Gasteiger charge is -2.17. The van der Waals surface area contributed by atoms with Gasteiger partial charge in [-0.15, -0.1) is 0 Å². The van der Waals surface area contributed by atoms with Gasteiger partial charge in [-0.3, -0.25) is 14.3 Å². The fourth-order valence-corrected chi connectivity index (χ4v) is 3.81. The number of pyridine rings is 1. The maximum absolute atomic E-state index is 13.0. The minimum absolute atomic E-state index is 0.00141. The van der Waals surface area contributed by atoms with Crippen molar-refractivity contribution in [2.45, 2.75) is 31.3 Å². The van der Waals surface area contributed by atoms with E-state index in [2.05, 4.69) is 25.3 Å². The zero-order valence-electron chi connectivity index (χ0n) is 16.7. The third kappa shape index (κ3) is 4.58. The van der Waals surface area contributed by atoms with Gasteiger partial charge in [-0.2, -0.15) is 4.98 Å². The minimum Gasteiger partial charge on any atom is -0.383 e. The summed E-state index contributed by atoms with van der Waals surface area (Å²) >= 11 is 5.90. The van der Waals surface area contributed by atoms with Crippen LogP contribution in [0.1, 0.15) is 25.6 Å². The third-order valence-electron chi connectivity index (χ3n) is 4.42. The van der Waals surface area contributed by atoms with Gasteiger partial charge in [0.2, 0.25) is 5.28 Å². The molecule has 10 nitrogen and oxygen atoms in total. The van der Waals surface area contributed by atoms with Gasteiger partial charge in [0.05, 0.1) is 41.7 Å². The molecule has 3 heterocycles. The maximum Gasteiger partial charge on any atom is 0.295 e. The van der Waals surface area contributed by atoms with E-state index in [4.69, 9.17) is 16.3 Å². The number of rotatable bonds is 8. The molecule has 3 aromatic rings. The molecule has 0 fully saturated rings. The number of methoxy groups -OCH3 is 1. The van der Waals surface area contributed by atoms with Crippen LogP contribution in [-0.2, 0) is 21.1 Å². The Balaban J connectivity index is 1.94. The van der Waals surface area contributed by atoms with E-state index in [9.17, 15) is 13.2 Å². The number of fused-ring (bicyclic) bond motifs is 1. The van der Waals surface area contributed by atoms with Crippen molar-refractivity contribution in [1.82, 2.24) is 24.5 Å². The molecule has 30 heavy (non-hydrogen) atoms. The molecule has 0 aromatic carbocycles. The van der Waals surface area contributed by atoms with Crippen LogP contribution in [0, 0.1) is 0 Å². The molecule has 12 heteroatoms. The first-order valence-corrected chi connectivity index (χ1v) is 11.1. The van der Waals surface area contributed by atoms with Crippen molar-refractivity contribution in [1.29, 1.82) is 0 Å². The van der Waals surface area contributed by atoms with E-state index in [0.29, 0.717) is 16.9 Å². The van der Waals surface area contributed by atoms with Crippen molar-refractivity contribution < 1.29 is 13.2 Å². The third-order valence-corrected chi connectivity index (χ3v) is 6.33. The summed E-state index contributed by atoms with van der Waals surface area (Å²) in [7, 11) is -1.78. The molecular weight excluding hydrogens is 432 g/mol. The number of hydrogen-bond donors (Lipinski definition) is 1. The van der Waals surface area contributed by atoms with Crippen LogP contribution in [0.5, 0.6) is 0 Å². The van der Waals surface area contributed by atoms with Crippen molar-refractivity contribution in [2.75, 3.05) is 24.8 Å². The van der Waals surface area contributed by atoms with E-state index in [1.807, 2.05) is 6.92 Å². The summed E-state index contributed by atoms with van der Waals surface area (Å²) in [4.78, 5) is 29.7. The highest BCUT2D eigenvalue weighted by Gasteiger charge is 2.18. The van der Waals surface area contributed by atoms with E-state index in [1.165, 1.54) is 23.0 Å². The van der Waals surface area contributed by atoms with E-state index < -0.39 is 15.4 Å². The van der Waals surface area contributed by atoms with Crippen molar-refractivity contribution in [3.63, 3.8) is 0 Å². The second kappa shape index (κ2) is 9.02. The van der Waals surface area contributed by atoms with Crippen LogP contribution in [-0.4, -0.2) is 52.4 Å². The largest absolute Gasteiger partial charge is 0.383 e. The van der Waals surface area contributed by atoms with Crippen LogP contribution in [0.4, 0.5) is 5.82 Å². The first kappa shape index (κ1) is 22.1. The van der Waals surface area contributed by atoms with Crippen molar-refractivity contribution in [3.05, 3.63) is 45.9 Å². The monoisotopic (exact) mass is 452 g/mol. The molecule has 0 saturated heterocycles. The molecule has 0 unspecified atom stereocenters. The molecule has 0 spiro atoms. The molecule has 3 rings (SSSR count). The minimum atomic E-state index is -3.32. The Kier molecular flexibility index (Phi) is 6.64. The normalized spacial score (nSPS) is 12.8. The Morgan fingerprint density at radius 2 is 2.00 bits per heavy atom. The zero-order valence-corrected chi connectivity index (χ0v) is 18.2. The molecule has 3 aromatic heterocycles. The number of hydrogen-bond acceptors (Lipinski definition) is 9. The molecule has 0 bridgehead atoms. The highest BCUT2D eigenvalue weighted by atomic mass is 35.5. The summed E-state index contributed by atoms with van der Waals surface area (Å²) in [5.74, 6) is 0.0851. The topological polar surface area (TPSA) is 129 Å². The van der Waals surface area contributed by atoms with Gasteiger partial charge in [-0.05, 0) is 30.7 Å². The fraction of sp³-hybridized carbons (Fsp3) is 0.389. The standard InChI is InChI=1S/C18H21ClN6O4S/c1-4-30(27,28)13-6-5-12(20-8-13)7-21-15-17(26)25(11(2)10-29-3)16-14(23-15)9-22-18(19)24-16/h5-6,8-9,11H,4,7,10H2,1-3H3,(H,21,23)/t11-/m0/s1. The van der Waals surface area contributed by atoms with Gasteiger partial charge in [-0.25, -0.2) is 18.4 Å². The number of aromatic nitrogens is 5. The summed E-state index contributed by atoms with van der Waals surface area (Å²) in [6, 6.07) is 2.76. The van der Waals surface area contributed by atoms with Crippen LogP contribution in [0.25, 0.3) is 11.2 Å². The van der Waals surface area contributed by atoms with E-state index in [-0.39, 0.29) is 40.9 Å². The van der Waals surface area contributed by atoms with Gasteiger partial charge >= 0.3 is 0 Å². The molecule has 0 saturated carbocycles. The number of anilines is 1. The smallest absolute Gasteiger partial charge is 0.295 e. The van der Waals surface area contributed by atoms with Crippen molar-refractivity contribution in [2.24, 2.45) is 0 Å². The summed E-state index contributed by atoms with van der Waals surface area (Å²) in [6.07, 6.45) is 2.74. The first-order chi connectivity index (χ1) is 14.3. The van der Waals surface area contributed by atoms with Gasteiger partial charge < -0.3 is 10.1 Å². The molecule has 0 aliphatic carbocycles. The number of halogens is 1. The average molecular weight is 453 g/mol. The van der Waals surface area contributed by atoms with E-state index in [1.54, 1.807) is 20.1 Å². The molecule has 1 atom stereocenters. The van der Waals surface area contributed by atoms with Crippen LogP contribution >= 0.6 is 11.6 Å². The van der Waals surface area contributed by atoms with Crippen LogP contribution < -0.4 is 10.9 Å². The Labute approximate surface area is 178 Å². The Bertz CT molecular complexity index is 1210. The summed E-state index contributed by atoms with van der Waals surface area (Å²) in [6.45, 7) is 3.85. The average Bonchev–Trinajstić information content (AvgIpc) is 2.73. The lowest BCUT2D eigenvalue weighted by molar-refractivity contribution is 0.162. The van der Waals surface area contributed by atoms with Crippen LogP contribution in [0.3, 0.4) is 0 Å². The van der Waals surface area contributed by atoms with Crippen molar-refractivity contribution >= 4 is 38.4 Å². The van der Waals surface area contributed by atoms with Gasteiger partial charge in [-0.1, -0.05) is 6.92 Å². The second-order valence-electron chi connectivity index (χ2n) is 6.53. The molecule has 1 N–H and O–H groups in total. The molecule has 160 valence electrons. The van der Waals surface area contributed by atoms with Gasteiger partial charge in [0.15, 0.2) is 21.3 Å². The van der Waals surface area contributed by atoms with E-state index in [0.717, 1.165) is 0 Å². The lowest BCUT2D eigenvalue weighted by atomic mass is 10.3. The summed E-state index contributed by atoms with van der Waals surface area (Å²) in [5.41, 5.74) is 0.853.